The van der Waals surface area contributed by atoms with Gasteiger partial charge in [-0.05, 0) is 23.8 Å². The van der Waals surface area contributed by atoms with Gasteiger partial charge in [0.05, 0.1) is 25.3 Å². The highest BCUT2D eigenvalue weighted by molar-refractivity contribution is 6.03. The third kappa shape index (κ3) is 3.88. The van der Waals surface area contributed by atoms with Crippen LogP contribution in [0.15, 0.2) is 52.7 Å². The molecule has 2 N–H and O–H groups in total. The first-order chi connectivity index (χ1) is 18.0. The number of aliphatic hydroxyl groups excluding tert-OH is 1. The van der Waals surface area contributed by atoms with Crippen molar-refractivity contribution in [2.24, 2.45) is 10.2 Å². The molecule has 2 fully saturated rings. The van der Waals surface area contributed by atoms with Gasteiger partial charge >= 0.3 is 17.9 Å². The Bertz CT molecular complexity index is 1360. The third-order valence-electron chi connectivity index (χ3n) is 7.11. The zero-order valence-electron chi connectivity index (χ0n) is 20.0. The minimum atomic E-state index is -4.67. The summed E-state index contributed by atoms with van der Waals surface area (Å²) >= 11 is 0. The van der Waals surface area contributed by atoms with E-state index < -0.39 is 41.4 Å². The minimum absolute atomic E-state index is 0.0194. The Kier molecular flexibility index (Phi) is 5.92. The van der Waals surface area contributed by atoms with E-state index in [4.69, 9.17) is 6.42 Å². The second kappa shape index (κ2) is 8.78. The molecule has 2 aromatic carbocycles. The summed E-state index contributed by atoms with van der Waals surface area (Å²) in [6.45, 7) is -0.472. The first-order valence-electron chi connectivity index (χ1n) is 11.6. The van der Waals surface area contributed by atoms with E-state index in [-0.39, 0.29) is 43.0 Å². The molecule has 3 heterocycles. The molecule has 0 aliphatic carbocycles. The molecule has 1 unspecified atom stereocenters. The van der Waals surface area contributed by atoms with Gasteiger partial charge in [-0.1, -0.05) is 30.2 Å². The number of carbonyl (C=O) groups excluding carboxylic acids is 2. The van der Waals surface area contributed by atoms with Crippen LogP contribution in [0.1, 0.15) is 16.7 Å². The van der Waals surface area contributed by atoms with E-state index >= 15 is 0 Å². The lowest BCUT2D eigenvalue weighted by molar-refractivity contribution is -0.169. The molecule has 38 heavy (non-hydrogen) atoms. The van der Waals surface area contributed by atoms with E-state index in [2.05, 4.69) is 21.5 Å². The molecule has 9 nitrogen and oxygen atoms in total. The molecule has 13 heteroatoms. The predicted molar refractivity (Wildman–Crippen MR) is 126 cm³/mol. The van der Waals surface area contributed by atoms with Gasteiger partial charge in [0, 0.05) is 24.7 Å². The number of alkyl halides is 3. The van der Waals surface area contributed by atoms with Gasteiger partial charge < -0.3 is 20.2 Å². The second-order valence-corrected chi connectivity index (χ2v) is 9.34. The van der Waals surface area contributed by atoms with Crippen molar-refractivity contribution in [2.45, 2.75) is 30.2 Å². The number of benzene rings is 2. The first kappa shape index (κ1) is 25.6. The monoisotopic (exact) mass is 530 g/mol. The summed E-state index contributed by atoms with van der Waals surface area (Å²) in [4.78, 5) is 30.0. The molecule has 2 aromatic rings. The molecule has 3 aliphatic heterocycles. The highest BCUT2D eigenvalue weighted by Gasteiger charge is 2.65. The number of β-amino-alcohol motifs (C(OH)–C–C–N with tert-alkyl or cyclic N) is 1. The summed E-state index contributed by atoms with van der Waals surface area (Å²) in [5, 5.41) is 20.0. The fourth-order valence-electron chi connectivity index (χ4n) is 4.97. The lowest BCUT2D eigenvalue weighted by Gasteiger charge is -2.59. The molecular weight excluding hydrogens is 508 g/mol. The number of amides is 3. The summed E-state index contributed by atoms with van der Waals surface area (Å²) in [5.41, 5.74) is -3.38. The predicted octanol–water partition coefficient (Wildman–Crippen LogP) is 2.55. The van der Waals surface area contributed by atoms with Gasteiger partial charge in [0.2, 0.25) is 0 Å². The number of piperazine rings is 1. The number of aliphatic hydroxyl groups is 1. The third-order valence-corrected chi connectivity index (χ3v) is 7.11. The number of nitrogens with one attached hydrogen (secondary N) is 1. The number of urea groups is 1. The van der Waals surface area contributed by atoms with E-state index in [0.29, 0.717) is 5.56 Å². The number of terminal acetylenes is 1. The van der Waals surface area contributed by atoms with Gasteiger partial charge in [0.15, 0.2) is 0 Å². The van der Waals surface area contributed by atoms with Crippen LogP contribution in [0, 0.1) is 18.2 Å². The molecule has 0 bridgehead atoms. The quantitative estimate of drug-likeness (QED) is 0.469. The zero-order chi connectivity index (χ0) is 27.5. The number of hydrogen-bond donors (Lipinski definition) is 2. The maximum absolute atomic E-state index is 14.9. The van der Waals surface area contributed by atoms with Crippen LogP contribution in [0.3, 0.4) is 0 Å². The zero-order valence-corrected chi connectivity index (χ0v) is 20.0. The minimum Gasteiger partial charge on any atom is -0.376 e. The molecule has 3 amide bonds. The first-order valence-corrected chi connectivity index (χ1v) is 11.6. The molecule has 5 rings (SSSR count). The Morgan fingerprint density at radius 2 is 1.87 bits per heavy atom. The summed E-state index contributed by atoms with van der Waals surface area (Å²) in [5.74, 6) is 1.05. The molecule has 0 radical (unpaired) electrons. The van der Waals surface area contributed by atoms with E-state index in [1.165, 1.54) is 53.2 Å². The molecule has 1 spiro atoms. The smallest absolute Gasteiger partial charge is 0.376 e. The van der Waals surface area contributed by atoms with Crippen molar-refractivity contribution < 1.29 is 32.3 Å². The van der Waals surface area contributed by atoms with Crippen molar-refractivity contribution in [3.63, 3.8) is 0 Å². The molecular formula is C25H22F4N6O3. The summed E-state index contributed by atoms with van der Waals surface area (Å²) in [7, 11) is 1.44. The van der Waals surface area contributed by atoms with Crippen molar-refractivity contribution in [3.8, 4) is 12.3 Å². The Balaban J connectivity index is 1.44. The van der Waals surface area contributed by atoms with Crippen molar-refractivity contribution in [1.29, 1.82) is 0 Å². The Hall–Kier alpha value is -4.02. The van der Waals surface area contributed by atoms with Gasteiger partial charge in [-0.25, -0.2) is 9.18 Å². The van der Waals surface area contributed by atoms with Crippen LogP contribution in [-0.4, -0.2) is 71.5 Å². The van der Waals surface area contributed by atoms with E-state index in [9.17, 15) is 32.3 Å². The van der Waals surface area contributed by atoms with Crippen LogP contribution < -0.4 is 10.2 Å². The highest BCUT2D eigenvalue weighted by Crippen LogP contribution is 2.52. The molecule has 0 saturated carbocycles. The van der Waals surface area contributed by atoms with E-state index in [0.717, 1.165) is 11.0 Å². The van der Waals surface area contributed by atoms with Crippen LogP contribution in [-0.2, 0) is 17.0 Å². The Morgan fingerprint density at radius 3 is 2.39 bits per heavy atom. The fraction of sp³-hybridized carbons (Fsp3) is 0.360. The number of halogens is 4. The van der Waals surface area contributed by atoms with Gasteiger partial charge in [0.25, 0.3) is 5.91 Å². The summed E-state index contributed by atoms with van der Waals surface area (Å²) in [6, 6.07) is 8.89. The maximum atomic E-state index is 14.9. The maximum Gasteiger partial charge on any atom is 0.442 e. The SMILES string of the molecule is C#Cc1ccc(N2CC(O)N(Cc3ccc(C4(C(F)(F)F)N=N4)cc3)C3(CN(C(=O)NC)C3)C2=O)c(F)c1. The van der Waals surface area contributed by atoms with Crippen LogP contribution in [0.4, 0.5) is 28.0 Å². The fourth-order valence-corrected chi connectivity index (χ4v) is 4.97. The van der Waals surface area contributed by atoms with Crippen molar-refractivity contribution >= 4 is 17.6 Å². The van der Waals surface area contributed by atoms with E-state index in [1.807, 2.05) is 0 Å². The lowest BCUT2D eigenvalue weighted by atomic mass is 9.83. The number of hydrogen-bond acceptors (Lipinski definition) is 6. The Morgan fingerprint density at radius 1 is 1.21 bits per heavy atom. The topological polar surface area (TPSA) is 101 Å². The number of nitrogens with zero attached hydrogens (tertiary/aromatic N) is 5. The van der Waals surface area contributed by atoms with Crippen LogP contribution in [0.25, 0.3) is 0 Å². The van der Waals surface area contributed by atoms with Gasteiger partial charge in [0.1, 0.15) is 17.6 Å². The molecule has 0 aromatic heterocycles. The normalized spacial score (nSPS) is 21.7. The average Bonchev–Trinajstić information content (AvgIpc) is 3.68. The lowest BCUT2D eigenvalue weighted by Crippen LogP contribution is -2.82. The van der Waals surface area contributed by atoms with E-state index in [1.54, 1.807) is 0 Å². The van der Waals surface area contributed by atoms with Gasteiger partial charge in [-0.3, -0.25) is 9.69 Å². The highest BCUT2D eigenvalue weighted by atomic mass is 19.4. The molecule has 3 aliphatic rings. The average molecular weight is 530 g/mol. The molecule has 2 saturated heterocycles. The number of likely N-dealkylation sites (tertiary alicyclic amines) is 1. The van der Waals surface area contributed by atoms with Crippen LogP contribution in [0.2, 0.25) is 0 Å². The largest absolute Gasteiger partial charge is 0.442 e. The summed E-state index contributed by atoms with van der Waals surface area (Å²) < 4.78 is 54.9. The van der Waals surface area contributed by atoms with Crippen molar-refractivity contribution in [3.05, 3.63) is 65.0 Å². The number of rotatable bonds is 4. The van der Waals surface area contributed by atoms with Crippen LogP contribution >= 0.6 is 0 Å². The van der Waals surface area contributed by atoms with Gasteiger partial charge in [-0.15, -0.1) is 16.7 Å². The standard InChI is InChI=1S/C25H22F4N6O3/c1-3-15-6-9-19(18(26)10-15)34-12-20(36)35(23(21(34)37)13-33(14-23)22(38)30-2)11-16-4-7-17(8-5-16)24(31-32-24)25(27,28)29/h1,4-10,20,36H,11-14H2,2H3,(H,30,38). The number of carbonyl (C=O) groups is 2. The van der Waals surface area contributed by atoms with Crippen molar-refractivity contribution in [2.75, 3.05) is 31.6 Å². The van der Waals surface area contributed by atoms with Crippen molar-refractivity contribution in [1.82, 2.24) is 15.1 Å². The number of anilines is 1. The second-order valence-electron chi connectivity index (χ2n) is 9.34. The summed E-state index contributed by atoms with van der Waals surface area (Å²) in [6.07, 6.45) is -0.620. The van der Waals surface area contributed by atoms with Crippen LogP contribution in [0.5, 0.6) is 0 Å². The Labute approximate surface area is 214 Å². The molecule has 198 valence electrons. The van der Waals surface area contributed by atoms with Gasteiger partial charge in [-0.2, -0.15) is 13.2 Å². The molecule has 1 atom stereocenters.